The van der Waals surface area contributed by atoms with E-state index in [-0.39, 0.29) is 11.9 Å². The third kappa shape index (κ3) is 4.82. The molecular formula is C24H21Cl3N2O2. The fourth-order valence-electron chi connectivity index (χ4n) is 3.58. The van der Waals surface area contributed by atoms with Gasteiger partial charge >= 0.3 is 0 Å². The van der Waals surface area contributed by atoms with Crippen LogP contribution in [0.1, 0.15) is 29.8 Å². The van der Waals surface area contributed by atoms with Crippen molar-refractivity contribution in [3.05, 3.63) is 87.7 Å². The second-order valence-corrected chi connectivity index (χ2v) is 8.70. The predicted octanol–water partition coefficient (Wildman–Crippen LogP) is 6.27. The molecule has 1 amide bonds. The van der Waals surface area contributed by atoms with Gasteiger partial charge in [0.15, 0.2) is 0 Å². The van der Waals surface area contributed by atoms with Gasteiger partial charge < -0.3 is 9.64 Å². The summed E-state index contributed by atoms with van der Waals surface area (Å²) in [4.78, 5) is 18.5. The van der Waals surface area contributed by atoms with Crippen LogP contribution in [-0.2, 0) is 17.6 Å². The number of nitrogens with zero attached hydrogens (tertiary/aromatic N) is 2. The first-order chi connectivity index (χ1) is 15.0. The summed E-state index contributed by atoms with van der Waals surface area (Å²) in [7, 11) is 0. The molecule has 7 heteroatoms. The highest BCUT2D eigenvalue weighted by Crippen LogP contribution is 2.43. The number of halogens is 3. The molecule has 1 aliphatic heterocycles. The Balaban J connectivity index is 1.41. The molecule has 0 bridgehead atoms. The number of alkyl halides is 1. The summed E-state index contributed by atoms with van der Waals surface area (Å²) >= 11 is 18.6. The average molecular weight is 476 g/mol. The van der Waals surface area contributed by atoms with Gasteiger partial charge in [-0.3, -0.25) is 9.78 Å². The van der Waals surface area contributed by atoms with Crippen molar-refractivity contribution in [2.75, 3.05) is 11.5 Å². The molecule has 1 fully saturated rings. The van der Waals surface area contributed by atoms with Crippen molar-refractivity contribution in [2.45, 2.75) is 31.2 Å². The Morgan fingerprint density at radius 3 is 2.35 bits per heavy atom. The number of carbonyl (C=O) groups excluding carboxylic acids is 1. The van der Waals surface area contributed by atoms with Crippen molar-refractivity contribution < 1.29 is 9.53 Å². The van der Waals surface area contributed by atoms with Gasteiger partial charge in [0.05, 0.1) is 12.6 Å². The van der Waals surface area contributed by atoms with Crippen LogP contribution in [0.4, 0.5) is 5.69 Å². The fourth-order valence-corrected chi connectivity index (χ4v) is 4.46. The third-order valence-electron chi connectivity index (χ3n) is 5.30. The minimum Gasteiger partial charge on any atom is -0.493 e. The molecular weight excluding hydrogens is 455 g/mol. The highest BCUT2D eigenvalue weighted by Gasteiger charge is 2.48. The lowest BCUT2D eigenvalue weighted by Crippen LogP contribution is -2.56. The fraction of sp³-hybridized carbons (Fsp3) is 0.250. The predicted molar refractivity (Wildman–Crippen MR) is 126 cm³/mol. The maximum Gasteiger partial charge on any atom is 0.248 e. The van der Waals surface area contributed by atoms with Gasteiger partial charge in [-0.1, -0.05) is 48.3 Å². The number of hydrogen-bond donors (Lipinski definition) is 0. The van der Waals surface area contributed by atoms with Gasteiger partial charge in [-0.05, 0) is 53.9 Å². The smallest absolute Gasteiger partial charge is 0.248 e. The number of ether oxygens (including phenoxy) is 1. The second kappa shape index (κ2) is 9.47. The summed E-state index contributed by atoms with van der Waals surface area (Å²) < 4.78 is 5.86. The Kier molecular flexibility index (Phi) is 6.71. The van der Waals surface area contributed by atoms with Crippen LogP contribution in [0.5, 0.6) is 5.75 Å². The Morgan fingerprint density at radius 1 is 1.03 bits per heavy atom. The number of hydrogen-bond acceptors (Lipinski definition) is 3. The van der Waals surface area contributed by atoms with E-state index in [4.69, 9.17) is 39.5 Å². The van der Waals surface area contributed by atoms with Crippen LogP contribution in [0.3, 0.4) is 0 Å². The zero-order valence-corrected chi connectivity index (χ0v) is 19.2. The summed E-state index contributed by atoms with van der Waals surface area (Å²) in [5.74, 6) is 0.579. The molecule has 3 aromatic rings. The number of pyridine rings is 1. The van der Waals surface area contributed by atoms with Crippen LogP contribution in [0.25, 0.3) is 0 Å². The lowest BCUT2D eigenvalue weighted by Gasteiger charge is -2.44. The van der Waals surface area contributed by atoms with Crippen molar-refractivity contribution in [2.24, 2.45) is 0 Å². The van der Waals surface area contributed by atoms with E-state index in [2.05, 4.69) is 18.0 Å². The van der Waals surface area contributed by atoms with Crippen LogP contribution >= 0.6 is 34.8 Å². The molecule has 0 spiro atoms. The molecule has 1 aliphatic rings. The van der Waals surface area contributed by atoms with Gasteiger partial charge in [-0.2, -0.15) is 0 Å². The Labute approximate surface area is 196 Å². The summed E-state index contributed by atoms with van der Waals surface area (Å²) in [5.41, 5.74) is 3.77. The largest absolute Gasteiger partial charge is 0.493 e. The normalized spacial score (nSPS) is 18.1. The van der Waals surface area contributed by atoms with E-state index in [0.29, 0.717) is 22.3 Å². The van der Waals surface area contributed by atoms with Crippen LogP contribution in [-0.4, -0.2) is 22.9 Å². The lowest BCUT2D eigenvalue weighted by molar-refractivity contribution is -0.123. The minimum atomic E-state index is -0.637. The van der Waals surface area contributed by atoms with E-state index < -0.39 is 5.38 Å². The number of aryl methyl sites for hydroxylation is 1. The Hall–Kier alpha value is -2.27. The molecule has 2 aromatic carbocycles. The van der Waals surface area contributed by atoms with Crippen molar-refractivity contribution in [3.63, 3.8) is 0 Å². The van der Waals surface area contributed by atoms with Gasteiger partial charge in [0.2, 0.25) is 5.91 Å². The third-order valence-corrected chi connectivity index (χ3v) is 6.16. The van der Waals surface area contributed by atoms with E-state index >= 15 is 0 Å². The number of rotatable bonds is 7. The maximum absolute atomic E-state index is 12.4. The SMILES string of the molecule is CCc1ccc(CCOc2ccc(C3C(Cl)C(=O)N3c3cc(Cl)cc(Cl)c3)cc2)nc1. The highest BCUT2D eigenvalue weighted by molar-refractivity contribution is 6.38. The van der Waals surface area contributed by atoms with E-state index in [1.807, 2.05) is 36.5 Å². The molecule has 0 saturated carbocycles. The van der Waals surface area contributed by atoms with E-state index in [1.165, 1.54) is 5.56 Å². The van der Waals surface area contributed by atoms with Crippen LogP contribution in [0.2, 0.25) is 10.0 Å². The zero-order valence-electron chi connectivity index (χ0n) is 16.9. The number of carbonyl (C=O) groups is 1. The van der Waals surface area contributed by atoms with Crippen molar-refractivity contribution in [1.29, 1.82) is 0 Å². The van der Waals surface area contributed by atoms with Crippen LogP contribution < -0.4 is 9.64 Å². The highest BCUT2D eigenvalue weighted by atomic mass is 35.5. The Bertz CT molecular complexity index is 1050. The molecule has 1 saturated heterocycles. The van der Waals surface area contributed by atoms with E-state index in [0.717, 1.165) is 29.8 Å². The van der Waals surface area contributed by atoms with Crippen LogP contribution in [0, 0.1) is 0 Å². The molecule has 160 valence electrons. The zero-order chi connectivity index (χ0) is 22.0. The summed E-state index contributed by atoms with van der Waals surface area (Å²) in [6.45, 7) is 2.64. The number of amides is 1. The molecule has 0 radical (unpaired) electrons. The molecule has 2 unspecified atom stereocenters. The molecule has 4 rings (SSSR count). The van der Waals surface area contributed by atoms with Gasteiger partial charge in [-0.15, -0.1) is 11.6 Å². The first kappa shape index (κ1) is 21.9. The van der Waals surface area contributed by atoms with E-state index in [1.54, 1.807) is 23.1 Å². The lowest BCUT2D eigenvalue weighted by atomic mass is 9.92. The minimum absolute atomic E-state index is 0.174. The standard InChI is InChI=1S/C24H21Cl3N2O2/c1-2-15-3-6-19(28-14-15)9-10-31-21-7-4-16(5-8-21)23-22(27)24(30)29(23)20-12-17(25)11-18(26)13-20/h3-8,11-14,22-23H,2,9-10H2,1H3. The first-order valence-electron chi connectivity index (χ1n) is 10.1. The number of anilines is 1. The number of β-lactam (4-membered cyclic amide) rings is 1. The monoisotopic (exact) mass is 474 g/mol. The van der Waals surface area contributed by atoms with Gasteiger partial charge in [-0.25, -0.2) is 0 Å². The van der Waals surface area contributed by atoms with E-state index in [9.17, 15) is 4.79 Å². The molecule has 2 heterocycles. The molecule has 31 heavy (non-hydrogen) atoms. The molecule has 1 aromatic heterocycles. The molecule has 0 aliphatic carbocycles. The van der Waals surface area contributed by atoms with Gasteiger partial charge in [0, 0.05) is 34.0 Å². The molecule has 2 atom stereocenters. The summed E-state index contributed by atoms with van der Waals surface area (Å²) in [5, 5.41) is 0.297. The van der Waals surface area contributed by atoms with Crippen molar-refractivity contribution in [3.8, 4) is 5.75 Å². The summed E-state index contributed by atoms with van der Waals surface area (Å²) in [6.07, 6.45) is 3.62. The maximum atomic E-state index is 12.4. The summed E-state index contributed by atoms with van der Waals surface area (Å²) in [6, 6.07) is 16.5. The van der Waals surface area contributed by atoms with Gasteiger partial charge in [0.1, 0.15) is 11.1 Å². The topological polar surface area (TPSA) is 42.4 Å². The average Bonchev–Trinajstić information content (AvgIpc) is 2.77. The molecule has 0 N–H and O–H groups in total. The first-order valence-corrected chi connectivity index (χ1v) is 11.3. The van der Waals surface area contributed by atoms with Crippen molar-refractivity contribution in [1.82, 2.24) is 4.98 Å². The van der Waals surface area contributed by atoms with Crippen molar-refractivity contribution >= 4 is 46.4 Å². The van der Waals surface area contributed by atoms with Gasteiger partial charge in [0.25, 0.3) is 0 Å². The molecule has 4 nitrogen and oxygen atoms in total. The number of aromatic nitrogens is 1. The quantitative estimate of drug-likeness (QED) is 0.299. The number of benzene rings is 2. The van der Waals surface area contributed by atoms with Crippen LogP contribution in [0.15, 0.2) is 60.8 Å². The second-order valence-electron chi connectivity index (χ2n) is 7.36. The Morgan fingerprint density at radius 2 is 1.74 bits per heavy atom.